The Morgan fingerprint density at radius 1 is 0.628 bits per heavy atom. The zero-order chi connectivity index (χ0) is 58.0. The lowest BCUT2D eigenvalue weighted by Gasteiger charge is -2.43. The number of benzene rings is 2. The second-order valence-corrected chi connectivity index (χ2v) is 29.5. The van der Waals surface area contributed by atoms with Crippen LogP contribution in [0.2, 0.25) is 5.04 Å². The molecule has 4 atom stereocenters. The minimum Gasteiger partial charge on any atom is -0.480 e. The Morgan fingerprint density at radius 3 is 1.45 bits per heavy atom. The summed E-state index contributed by atoms with van der Waals surface area (Å²) < 4.78 is 84.4. The monoisotopic (exact) mass is 1150 g/mol. The number of aliphatic carboxylic acids is 1. The van der Waals surface area contributed by atoms with E-state index in [1.54, 1.807) is 20.8 Å². The molecular formula is C52H70N4O19S2Si. The van der Waals surface area contributed by atoms with Crippen LogP contribution in [0.5, 0.6) is 0 Å². The Labute approximate surface area is 455 Å². The Kier molecular flexibility index (Phi) is 20.8. The summed E-state index contributed by atoms with van der Waals surface area (Å²) in [4.78, 5) is 101. The number of hydrogen-bond acceptors (Lipinski definition) is 17. The Morgan fingerprint density at radius 2 is 1.05 bits per heavy atom. The van der Waals surface area contributed by atoms with Gasteiger partial charge in [0, 0.05) is 43.8 Å². The van der Waals surface area contributed by atoms with Gasteiger partial charge in [-0.3, -0.25) is 56.9 Å². The molecule has 0 unspecified atom stereocenters. The van der Waals surface area contributed by atoms with Crippen molar-refractivity contribution in [3.8, 4) is 0 Å². The summed E-state index contributed by atoms with van der Waals surface area (Å²) in [6.07, 6.45) is 4.76. The quantitative estimate of drug-likeness (QED) is 0.0355. The molecule has 6 amide bonds. The third-order valence-corrected chi connectivity index (χ3v) is 19.9. The molecule has 0 spiro atoms. The Hall–Kier alpha value is -6.00. The van der Waals surface area contributed by atoms with E-state index in [4.69, 9.17) is 32.5 Å². The second-order valence-electron chi connectivity index (χ2n) is 21.9. The van der Waals surface area contributed by atoms with Gasteiger partial charge in [-0.25, -0.2) is 0 Å². The summed E-state index contributed by atoms with van der Waals surface area (Å²) in [6.45, 7) is 13.9. The summed E-state index contributed by atoms with van der Waals surface area (Å²) in [5, 5.41) is 11.1. The zero-order valence-corrected chi connectivity index (χ0v) is 47.7. The van der Waals surface area contributed by atoms with Crippen LogP contribution in [-0.4, -0.2) is 196 Å². The summed E-state index contributed by atoms with van der Waals surface area (Å²) >= 11 is 0. The van der Waals surface area contributed by atoms with Crippen LogP contribution in [0.3, 0.4) is 0 Å². The number of nitrogens with zero attached hydrogens (tertiary/aromatic N) is 4. The van der Waals surface area contributed by atoms with Gasteiger partial charge < -0.3 is 33.5 Å². The van der Waals surface area contributed by atoms with E-state index in [1.807, 2.05) is 50.2 Å². The highest BCUT2D eigenvalue weighted by molar-refractivity contribution is 7.86. The van der Waals surface area contributed by atoms with Gasteiger partial charge in [-0.1, -0.05) is 95.3 Å². The van der Waals surface area contributed by atoms with Crippen LogP contribution in [-0.2, 0) is 81.4 Å². The van der Waals surface area contributed by atoms with Gasteiger partial charge in [-0.2, -0.15) is 16.8 Å². The van der Waals surface area contributed by atoms with Gasteiger partial charge in [0.15, 0.2) is 0 Å². The van der Waals surface area contributed by atoms with Crippen molar-refractivity contribution in [3.63, 3.8) is 0 Å². The van der Waals surface area contributed by atoms with Crippen LogP contribution in [0.25, 0.3) is 0 Å². The van der Waals surface area contributed by atoms with E-state index >= 15 is 0 Å². The normalized spacial score (nSPS) is 20.3. The number of carbonyl (C=O) groups excluding carboxylic acids is 7. The molecule has 0 aliphatic carbocycles. The van der Waals surface area contributed by atoms with Crippen LogP contribution in [0.4, 0.5) is 0 Å². The number of likely N-dealkylation sites (tertiary alicyclic amines) is 2. The number of rotatable bonds is 25. The van der Waals surface area contributed by atoms with E-state index in [9.17, 15) is 55.2 Å². The molecule has 2 N–H and O–H groups in total. The molecule has 2 saturated heterocycles. The van der Waals surface area contributed by atoms with Gasteiger partial charge in [-0.15, -0.1) is 0 Å². The van der Waals surface area contributed by atoms with Crippen LogP contribution in [0.1, 0.15) is 74.7 Å². The molecule has 4 aliphatic heterocycles. The first-order valence-corrected chi connectivity index (χ1v) is 30.2. The summed E-state index contributed by atoms with van der Waals surface area (Å²) in [7, 11) is -11.0. The summed E-state index contributed by atoms with van der Waals surface area (Å²) in [6, 6.07) is 16.9. The van der Waals surface area contributed by atoms with E-state index in [1.165, 1.54) is 4.90 Å². The average molecular weight is 1150 g/mol. The van der Waals surface area contributed by atoms with Gasteiger partial charge in [-0.05, 0) is 48.0 Å². The number of carboxylic acid groups (broad SMARTS) is 1. The van der Waals surface area contributed by atoms with Crippen molar-refractivity contribution >= 4 is 86.3 Å². The van der Waals surface area contributed by atoms with Gasteiger partial charge in [0.25, 0.3) is 52.2 Å². The first-order valence-electron chi connectivity index (χ1n) is 25.1. The molecule has 0 saturated carbocycles. The fraction of sp³-hybridized carbons (Fsp3) is 0.538. The van der Waals surface area contributed by atoms with Crippen molar-refractivity contribution in [2.45, 2.75) is 109 Å². The smallest absolute Gasteiger partial charge is 0.326 e. The molecule has 2 fully saturated rings. The third-order valence-electron chi connectivity index (χ3n) is 13.1. The van der Waals surface area contributed by atoms with Crippen LogP contribution < -0.4 is 10.4 Å². The zero-order valence-electron chi connectivity index (χ0n) is 45.0. The molecule has 26 heteroatoms. The summed E-state index contributed by atoms with van der Waals surface area (Å²) in [5.41, 5.74) is -1.34. The van der Waals surface area contributed by atoms with Crippen molar-refractivity contribution in [2.75, 3.05) is 64.2 Å². The van der Waals surface area contributed by atoms with Crippen molar-refractivity contribution in [1.82, 2.24) is 19.6 Å². The van der Waals surface area contributed by atoms with E-state index in [0.717, 1.165) is 49.4 Å². The molecule has 4 heterocycles. The van der Waals surface area contributed by atoms with Crippen LogP contribution in [0, 0.1) is 5.41 Å². The van der Waals surface area contributed by atoms with E-state index in [-0.39, 0.29) is 50.9 Å². The molecule has 2 aromatic rings. The van der Waals surface area contributed by atoms with E-state index < -0.39 is 136 Å². The van der Waals surface area contributed by atoms with E-state index in [0.29, 0.717) is 13.0 Å². The first kappa shape index (κ1) is 62.8. The molecular weight excluding hydrogens is 1080 g/mol. The lowest BCUT2D eigenvalue weighted by molar-refractivity contribution is -0.159. The molecule has 2 aromatic carbocycles. The maximum absolute atomic E-state index is 13.4. The van der Waals surface area contributed by atoms with Gasteiger partial charge >= 0.3 is 11.9 Å². The third kappa shape index (κ3) is 16.8. The van der Waals surface area contributed by atoms with Crippen LogP contribution in [0.15, 0.2) is 85.0 Å². The number of ether oxygens (including phenoxy) is 3. The van der Waals surface area contributed by atoms with E-state index in [2.05, 4.69) is 45.0 Å². The predicted octanol–water partition coefficient (Wildman–Crippen LogP) is 1.45. The summed E-state index contributed by atoms with van der Waals surface area (Å²) in [5.74, 6) is -6.88. The molecule has 78 heavy (non-hydrogen) atoms. The highest BCUT2D eigenvalue weighted by atomic mass is 32.2. The van der Waals surface area contributed by atoms with Crippen LogP contribution >= 0.6 is 0 Å². The van der Waals surface area contributed by atoms with Gasteiger partial charge in [0.05, 0.1) is 56.6 Å². The fourth-order valence-corrected chi connectivity index (χ4v) is 15.2. The highest BCUT2D eigenvalue weighted by Gasteiger charge is 2.51. The maximum Gasteiger partial charge on any atom is 0.326 e. The number of amides is 6. The second kappa shape index (κ2) is 25.9. The largest absolute Gasteiger partial charge is 0.480 e. The Balaban J connectivity index is 0.000000373. The average Bonchev–Trinajstić information content (AvgIpc) is 4.04. The van der Waals surface area contributed by atoms with Crippen molar-refractivity contribution in [3.05, 3.63) is 85.0 Å². The van der Waals surface area contributed by atoms with Crippen molar-refractivity contribution < 1.29 is 87.7 Å². The molecule has 0 aromatic heterocycles. The standard InChI is InChI=1S/C39H54N2O10SSi.C13H16N2O9S/c1-37(2,3)51-35(44)26-40-29(25-32(36(40)45)41-33(42)19-20-34(41)43)27-48-23-24-52(46,47)49-28-39(7,8)21-22-50-53(38(4,5)6,30-15-11-9-12-16-30)31-17-13-10-14-18-31;16-10-1-2-11(17)15(10)9-5-8(7-24-3-4-25(21,22)23)14(13(9)20)6-12(18)19/h9-20,29,32H,21-28H2,1-8H3;1-2,8-9H,3-7H2,(H,18,19)(H,21,22,23)/t29-,32-;8-,9-/m00/s1. The van der Waals surface area contributed by atoms with Crippen molar-refractivity contribution in [1.29, 1.82) is 0 Å². The first-order chi connectivity index (χ1) is 36.3. The lowest BCUT2D eigenvalue weighted by atomic mass is 9.91. The number of hydrogen-bond donors (Lipinski definition) is 2. The maximum atomic E-state index is 13.4. The van der Waals surface area contributed by atoms with Gasteiger partial charge in [0.1, 0.15) is 30.8 Å². The highest BCUT2D eigenvalue weighted by Crippen LogP contribution is 2.38. The molecule has 4 aliphatic rings. The minimum atomic E-state index is -4.21. The molecule has 428 valence electrons. The van der Waals surface area contributed by atoms with Crippen molar-refractivity contribution in [2.24, 2.45) is 5.41 Å². The fourth-order valence-electron chi connectivity index (χ4n) is 9.36. The lowest BCUT2D eigenvalue weighted by Crippen LogP contribution is -2.66. The Bertz CT molecular complexity index is 2760. The predicted molar refractivity (Wildman–Crippen MR) is 283 cm³/mol. The molecule has 6 rings (SSSR count). The topological polar surface area (TPSA) is 304 Å². The number of carboxylic acids is 1. The number of carbonyl (C=O) groups is 8. The molecule has 0 bridgehead atoms. The number of imide groups is 2. The number of esters is 1. The minimum absolute atomic E-state index is 0.0220. The SMILES string of the molecule is CC(C)(CCO[Si](c1ccccc1)(c1ccccc1)C(C)(C)C)COS(=O)(=O)CCOC[C@@H]1C[C@H](N2C(=O)C=CC2=O)C(=O)N1CC(=O)OC(C)(C)C.O=C(O)CN1C(=O)[C@@H](N2C(=O)C=CC2=O)C[C@H]1COCCS(=O)(=O)O. The molecule has 23 nitrogen and oxygen atoms in total. The van der Waals surface area contributed by atoms with Gasteiger partial charge in [0.2, 0.25) is 11.8 Å². The molecule has 0 radical (unpaired) electrons.